The number of fused-ring (bicyclic) bond motifs is 1. The van der Waals surface area contributed by atoms with Crippen molar-refractivity contribution in [1.29, 1.82) is 0 Å². The summed E-state index contributed by atoms with van der Waals surface area (Å²) < 4.78 is 0. The molecule has 0 amide bonds. The fourth-order valence-electron chi connectivity index (χ4n) is 1.75. The molecule has 6 heteroatoms. The van der Waals surface area contributed by atoms with Crippen molar-refractivity contribution >= 4 is 34.2 Å². The molecule has 0 saturated carbocycles. The maximum absolute atomic E-state index is 11.6. The van der Waals surface area contributed by atoms with E-state index in [0.29, 0.717) is 27.2 Å². The molecule has 1 heterocycles. The number of carboxylic acids is 1. The van der Waals surface area contributed by atoms with Crippen LogP contribution in [0.2, 0.25) is 5.02 Å². The van der Waals surface area contributed by atoms with E-state index < -0.39 is 11.5 Å². The number of anilines is 1. The summed E-state index contributed by atoms with van der Waals surface area (Å²) in [5.41, 5.74) is 5.86. The Morgan fingerprint density at radius 2 is 2.12 bits per heavy atom. The Kier molecular flexibility index (Phi) is 2.55. The molecule has 4 N–H and O–H groups in total. The molecule has 0 aliphatic heterocycles. The van der Waals surface area contributed by atoms with Crippen molar-refractivity contribution in [3.05, 3.63) is 38.6 Å². The molecule has 2 aromatic rings. The number of benzene rings is 1. The largest absolute Gasteiger partial charge is 0.477 e. The van der Waals surface area contributed by atoms with Gasteiger partial charge in [-0.15, -0.1) is 0 Å². The second-order valence-corrected chi connectivity index (χ2v) is 4.09. The van der Waals surface area contributed by atoms with Crippen molar-refractivity contribution in [3.8, 4) is 0 Å². The monoisotopic (exact) mass is 252 g/mol. The number of carbonyl (C=O) groups is 1. The lowest BCUT2D eigenvalue weighted by molar-refractivity contribution is 0.0694. The third kappa shape index (κ3) is 1.74. The third-order valence-corrected chi connectivity index (χ3v) is 2.93. The first-order chi connectivity index (χ1) is 7.91. The summed E-state index contributed by atoms with van der Waals surface area (Å²) in [5, 5.41) is 9.85. The number of hydrogen-bond donors (Lipinski definition) is 3. The first kappa shape index (κ1) is 11.5. The van der Waals surface area contributed by atoms with E-state index in [4.69, 9.17) is 22.4 Å². The minimum atomic E-state index is -1.27. The number of aryl methyl sites for hydroxylation is 1. The fourth-order valence-corrected chi connectivity index (χ4v) is 1.91. The number of halogens is 1. The molecule has 0 saturated heterocycles. The molecule has 0 bridgehead atoms. The van der Waals surface area contributed by atoms with Crippen molar-refractivity contribution in [3.63, 3.8) is 0 Å². The fraction of sp³-hybridized carbons (Fsp3) is 0.0909. The van der Waals surface area contributed by atoms with Gasteiger partial charge in [0.05, 0.1) is 16.2 Å². The molecule has 5 nitrogen and oxygen atoms in total. The Morgan fingerprint density at radius 3 is 2.71 bits per heavy atom. The van der Waals surface area contributed by atoms with E-state index in [2.05, 4.69) is 4.98 Å². The second kappa shape index (κ2) is 3.78. The predicted octanol–water partition coefficient (Wildman–Crippen LogP) is 1.77. The molecule has 0 atom stereocenters. The van der Waals surface area contributed by atoms with Crippen molar-refractivity contribution < 1.29 is 9.90 Å². The number of pyridine rings is 1. The highest BCUT2D eigenvalue weighted by atomic mass is 35.5. The Morgan fingerprint density at radius 1 is 1.47 bits per heavy atom. The SMILES string of the molecule is Cc1c(C(=O)O)c(=O)[nH]c2cc(N)c(Cl)cc12. The van der Waals surface area contributed by atoms with E-state index in [0.717, 1.165) is 0 Å². The summed E-state index contributed by atoms with van der Waals surface area (Å²) in [6, 6.07) is 3.06. The number of aromatic amines is 1. The Bertz CT molecular complexity index is 691. The van der Waals surface area contributed by atoms with Crippen LogP contribution < -0.4 is 11.3 Å². The number of nitrogens with one attached hydrogen (secondary N) is 1. The first-order valence-corrected chi connectivity index (χ1v) is 5.14. The molecule has 0 aliphatic carbocycles. The number of aromatic carboxylic acids is 1. The van der Waals surface area contributed by atoms with Gasteiger partial charge in [-0.05, 0) is 24.6 Å². The lowest BCUT2D eigenvalue weighted by Gasteiger charge is -2.07. The molecule has 2 rings (SSSR count). The van der Waals surface area contributed by atoms with Gasteiger partial charge in [-0.1, -0.05) is 11.6 Å². The lowest BCUT2D eigenvalue weighted by Crippen LogP contribution is -2.19. The maximum atomic E-state index is 11.6. The second-order valence-electron chi connectivity index (χ2n) is 3.68. The van der Waals surface area contributed by atoms with E-state index in [1.165, 1.54) is 6.07 Å². The average molecular weight is 253 g/mol. The minimum absolute atomic E-state index is 0.279. The summed E-state index contributed by atoms with van der Waals surface area (Å²) in [5.74, 6) is -1.27. The van der Waals surface area contributed by atoms with Gasteiger partial charge in [0, 0.05) is 5.39 Å². The zero-order valence-electron chi connectivity index (χ0n) is 8.87. The number of carboxylic acid groups (broad SMARTS) is 1. The van der Waals surface area contributed by atoms with Crippen LogP contribution in [0.4, 0.5) is 5.69 Å². The van der Waals surface area contributed by atoms with Crippen LogP contribution in [0, 0.1) is 6.92 Å². The summed E-state index contributed by atoms with van der Waals surface area (Å²) in [6.07, 6.45) is 0. The van der Waals surface area contributed by atoms with Crippen LogP contribution >= 0.6 is 11.6 Å². The molecule has 0 spiro atoms. The number of rotatable bonds is 1. The van der Waals surface area contributed by atoms with Gasteiger partial charge in [0.1, 0.15) is 5.56 Å². The highest BCUT2D eigenvalue weighted by Gasteiger charge is 2.16. The van der Waals surface area contributed by atoms with Gasteiger partial charge < -0.3 is 15.8 Å². The highest BCUT2D eigenvalue weighted by Crippen LogP contribution is 2.26. The zero-order valence-corrected chi connectivity index (χ0v) is 9.63. The molecule has 1 aromatic heterocycles. The number of aromatic nitrogens is 1. The molecule has 17 heavy (non-hydrogen) atoms. The van der Waals surface area contributed by atoms with Gasteiger partial charge in [-0.2, -0.15) is 0 Å². The molecular formula is C11H9ClN2O3. The van der Waals surface area contributed by atoms with Crippen LogP contribution in [0.3, 0.4) is 0 Å². The summed E-state index contributed by atoms with van der Waals surface area (Å²) >= 11 is 5.87. The maximum Gasteiger partial charge on any atom is 0.341 e. The van der Waals surface area contributed by atoms with Gasteiger partial charge in [0.2, 0.25) is 0 Å². The van der Waals surface area contributed by atoms with Crippen LogP contribution in [0.5, 0.6) is 0 Å². The highest BCUT2D eigenvalue weighted by molar-refractivity contribution is 6.34. The smallest absolute Gasteiger partial charge is 0.341 e. The quantitative estimate of drug-likeness (QED) is 0.674. The molecule has 0 unspecified atom stereocenters. The van der Waals surface area contributed by atoms with Gasteiger partial charge in [0.15, 0.2) is 0 Å². The summed E-state index contributed by atoms with van der Waals surface area (Å²) in [4.78, 5) is 25.0. The van der Waals surface area contributed by atoms with Crippen LogP contribution in [0.1, 0.15) is 15.9 Å². The molecule has 0 fully saturated rings. The van der Waals surface area contributed by atoms with E-state index in [-0.39, 0.29) is 5.56 Å². The summed E-state index contributed by atoms with van der Waals surface area (Å²) in [6.45, 7) is 1.56. The standard InChI is InChI=1S/C11H9ClN2O3/c1-4-5-2-6(12)7(13)3-8(5)14-10(15)9(4)11(16)17/h2-3H,13H2,1H3,(H,14,15)(H,16,17). The Balaban J connectivity index is 2.97. The predicted molar refractivity (Wildman–Crippen MR) is 65.7 cm³/mol. The van der Waals surface area contributed by atoms with E-state index in [1.807, 2.05) is 0 Å². The van der Waals surface area contributed by atoms with E-state index >= 15 is 0 Å². The number of nitrogen functional groups attached to an aromatic ring is 1. The van der Waals surface area contributed by atoms with Crippen LogP contribution in [-0.4, -0.2) is 16.1 Å². The lowest BCUT2D eigenvalue weighted by atomic mass is 10.0. The third-order valence-electron chi connectivity index (χ3n) is 2.60. The summed E-state index contributed by atoms with van der Waals surface area (Å²) in [7, 11) is 0. The van der Waals surface area contributed by atoms with Gasteiger partial charge in [0.25, 0.3) is 5.56 Å². The zero-order chi connectivity index (χ0) is 12.7. The average Bonchev–Trinajstić information content (AvgIpc) is 2.21. The van der Waals surface area contributed by atoms with Gasteiger partial charge in [-0.3, -0.25) is 4.79 Å². The molecular weight excluding hydrogens is 244 g/mol. The number of hydrogen-bond acceptors (Lipinski definition) is 3. The van der Waals surface area contributed by atoms with Crippen molar-refractivity contribution in [2.24, 2.45) is 0 Å². The molecule has 0 radical (unpaired) electrons. The van der Waals surface area contributed by atoms with Gasteiger partial charge in [-0.25, -0.2) is 4.79 Å². The molecule has 1 aromatic carbocycles. The van der Waals surface area contributed by atoms with Crippen LogP contribution in [0.25, 0.3) is 10.9 Å². The van der Waals surface area contributed by atoms with E-state index in [1.54, 1.807) is 13.0 Å². The topological polar surface area (TPSA) is 96.2 Å². The van der Waals surface area contributed by atoms with Crippen molar-refractivity contribution in [1.82, 2.24) is 4.98 Å². The minimum Gasteiger partial charge on any atom is -0.477 e. The Hall–Kier alpha value is -2.01. The van der Waals surface area contributed by atoms with Crippen LogP contribution in [-0.2, 0) is 0 Å². The normalized spacial score (nSPS) is 10.7. The van der Waals surface area contributed by atoms with Gasteiger partial charge >= 0.3 is 5.97 Å². The number of H-pyrrole nitrogens is 1. The van der Waals surface area contributed by atoms with Crippen LogP contribution in [0.15, 0.2) is 16.9 Å². The molecule has 0 aliphatic rings. The number of nitrogens with two attached hydrogens (primary N) is 1. The van der Waals surface area contributed by atoms with E-state index in [9.17, 15) is 9.59 Å². The first-order valence-electron chi connectivity index (χ1n) is 4.76. The molecule has 88 valence electrons. The van der Waals surface area contributed by atoms with Crippen molar-refractivity contribution in [2.75, 3.05) is 5.73 Å². The van der Waals surface area contributed by atoms with Crippen molar-refractivity contribution in [2.45, 2.75) is 6.92 Å². The Labute approximate surface area is 101 Å².